The summed E-state index contributed by atoms with van der Waals surface area (Å²) < 4.78 is 17.0. The Morgan fingerprint density at radius 3 is 2.60 bits per heavy atom. The zero-order chi connectivity index (χ0) is 21.2. The molecule has 30 heavy (non-hydrogen) atoms. The van der Waals surface area contributed by atoms with E-state index in [2.05, 4.69) is 26.7 Å². The fourth-order valence-electron chi connectivity index (χ4n) is 3.48. The first-order valence-electron chi connectivity index (χ1n) is 10.6. The second-order valence-electron chi connectivity index (χ2n) is 7.23. The highest BCUT2D eigenvalue weighted by Gasteiger charge is 2.20. The average Bonchev–Trinajstić information content (AvgIpc) is 3.30. The smallest absolute Gasteiger partial charge is 0.212 e. The Morgan fingerprint density at radius 2 is 1.93 bits per heavy atom. The van der Waals surface area contributed by atoms with Gasteiger partial charge in [0, 0.05) is 30.9 Å². The topological polar surface area (TPSA) is 77.0 Å². The molecule has 0 saturated heterocycles. The first kappa shape index (κ1) is 21.7. The third-order valence-corrected chi connectivity index (χ3v) is 5.08. The average molecular weight is 413 g/mol. The van der Waals surface area contributed by atoms with Crippen molar-refractivity contribution in [1.29, 1.82) is 0 Å². The van der Waals surface area contributed by atoms with Gasteiger partial charge in [-0.25, -0.2) is 9.98 Å². The third-order valence-electron chi connectivity index (χ3n) is 5.08. The molecule has 1 aliphatic rings. The lowest BCUT2D eigenvalue weighted by Crippen LogP contribution is -2.37. The van der Waals surface area contributed by atoms with Gasteiger partial charge in [-0.15, -0.1) is 0 Å². The number of aromatic nitrogens is 1. The van der Waals surface area contributed by atoms with Crippen LogP contribution in [0.4, 0.5) is 0 Å². The van der Waals surface area contributed by atoms with Gasteiger partial charge in [0.05, 0.1) is 26.9 Å². The van der Waals surface area contributed by atoms with Gasteiger partial charge >= 0.3 is 0 Å². The Bertz CT molecular complexity index is 818. The second kappa shape index (κ2) is 11.3. The van der Waals surface area contributed by atoms with Gasteiger partial charge in [0.15, 0.2) is 17.5 Å². The molecule has 1 aromatic carbocycles. The van der Waals surface area contributed by atoms with Crippen LogP contribution >= 0.6 is 0 Å². The molecule has 7 nitrogen and oxygen atoms in total. The summed E-state index contributed by atoms with van der Waals surface area (Å²) in [5, 5.41) is 6.69. The predicted octanol–water partition coefficient (Wildman–Crippen LogP) is 3.68. The maximum absolute atomic E-state index is 6.33. The fourth-order valence-corrected chi connectivity index (χ4v) is 3.48. The van der Waals surface area contributed by atoms with Gasteiger partial charge in [-0.1, -0.05) is 18.2 Å². The standard InChI is InChI=1S/C23H32N4O3/c1-4-24-23(26-15-17-12-13-21(29-3)25-14-17)27-16-18-8-7-11-20(28-2)22(18)30-19-9-5-6-10-19/h7-8,11-14,19H,4-6,9-10,15-16H2,1-3H3,(H2,24,26,27). The van der Waals surface area contributed by atoms with Crippen molar-refractivity contribution in [3.8, 4) is 17.4 Å². The fraction of sp³-hybridized carbons (Fsp3) is 0.478. The molecule has 1 aliphatic carbocycles. The SMILES string of the molecule is CCNC(=NCc1ccc(OC)nc1)NCc1cccc(OC)c1OC1CCCC1. The molecule has 1 fully saturated rings. The third kappa shape index (κ3) is 6.02. The molecule has 0 radical (unpaired) electrons. The number of rotatable bonds is 9. The van der Waals surface area contributed by atoms with E-state index in [9.17, 15) is 0 Å². The van der Waals surface area contributed by atoms with Gasteiger partial charge in [-0.05, 0) is 44.2 Å². The van der Waals surface area contributed by atoms with Crippen molar-refractivity contribution in [2.24, 2.45) is 4.99 Å². The number of pyridine rings is 1. The molecule has 162 valence electrons. The number of hydrogen-bond donors (Lipinski definition) is 2. The van der Waals surface area contributed by atoms with Gasteiger partial charge in [-0.2, -0.15) is 0 Å². The summed E-state index contributed by atoms with van der Waals surface area (Å²) in [6, 6.07) is 9.81. The normalized spacial score (nSPS) is 14.4. The monoisotopic (exact) mass is 412 g/mol. The summed E-state index contributed by atoms with van der Waals surface area (Å²) >= 11 is 0. The van der Waals surface area contributed by atoms with Crippen molar-refractivity contribution in [2.75, 3.05) is 20.8 Å². The van der Waals surface area contributed by atoms with E-state index in [-0.39, 0.29) is 6.10 Å². The Kier molecular flexibility index (Phi) is 8.18. The van der Waals surface area contributed by atoms with Crippen LogP contribution in [0, 0.1) is 0 Å². The minimum atomic E-state index is 0.268. The van der Waals surface area contributed by atoms with E-state index in [0.29, 0.717) is 19.0 Å². The molecule has 2 N–H and O–H groups in total. The van der Waals surface area contributed by atoms with E-state index in [0.717, 1.165) is 48.0 Å². The van der Waals surface area contributed by atoms with Gasteiger partial charge in [-0.3, -0.25) is 0 Å². The van der Waals surface area contributed by atoms with E-state index in [1.165, 1.54) is 12.8 Å². The van der Waals surface area contributed by atoms with Gasteiger partial charge in [0.2, 0.25) is 5.88 Å². The van der Waals surface area contributed by atoms with E-state index in [1.54, 1.807) is 20.4 Å². The number of methoxy groups -OCH3 is 2. The van der Waals surface area contributed by atoms with Gasteiger partial charge in [0.1, 0.15) is 0 Å². The number of aliphatic imine (C=N–C) groups is 1. The van der Waals surface area contributed by atoms with Crippen molar-refractivity contribution in [3.05, 3.63) is 47.7 Å². The van der Waals surface area contributed by atoms with Crippen LogP contribution in [0.1, 0.15) is 43.7 Å². The first-order valence-corrected chi connectivity index (χ1v) is 10.6. The number of para-hydroxylation sites is 1. The molecule has 0 atom stereocenters. The maximum atomic E-state index is 6.33. The highest BCUT2D eigenvalue weighted by molar-refractivity contribution is 5.79. The van der Waals surface area contributed by atoms with Gasteiger partial charge < -0.3 is 24.8 Å². The Balaban J connectivity index is 1.68. The van der Waals surface area contributed by atoms with E-state index in [1.807, 2.05) is 31.2 Å². The number of nitrogens with one attached hydrogen (secondary N) is 2. The molecule has 1 aromatic heterocycles. The lowest BCUT2D eigenvalue weighted by molar-refractivity contribution is 0.198. The van der Waals surface area contributed by atoms with Crippen LogP contribution < -0.4 is 24.8 Å². The van der Waals surface area contributed by atoms with Crippen LogP contribution in [-0.2, 0) is 13.1 Å². The number of benzene rings is 1. The molecule has 0 bridgehead atoms. The summed E-state index contributed by atoms with van der Waals surface area (Å²) in [7, 11) is 3.29. The molecular weight excluding hydrogens is 380 g/mol. The predicted molar refractivity (Wildman–Crippen MR) is 118 cm³/mol. The van der Waals surface area contributed by atoms with Crippen molar-refractivity contribution in [3.63, 3.8) is 0 Å². The highest BCUT2D eigenvalue weighted by Crippen LogP contribution is 2.34. The molecule has 7 heteroatoms. The van der Waals surface area contributed by atoms with E-state index >= 15 is 0 Å². The first-order chi connectivity index (χ1) is 14.7. The van der Waals surface area contributed by atoms with Gasteiger partial charge in [0.25, 0.3) is 0 Å². The quantitative estimate of drug-likeness (QED) is 0.483. The largest absolute Gasteiger partial charge is 0.493 e. The molecule has 2 aromatic rings. The van der Waals surface area contributed by atoms with E-state index < -0.39 is 0 Å². The van der Waals surface area contributed by atoms with E-state index in [4.69, 9.17) is 14.2 Å². The molecule has 0 amide bonds. The lowest BCUT2D eigenvalue weighted by atomic mass is 10.1. The highest BCUT2D eigenvalue weighted by atomic mass is 16.5. The molecular formula is C23H32N4O3. The summed E-state index contributed by atoms with van der Waals surface area (Å²) in [5.41, 5.74) is 2.07. The number of ether oxygens (including phenoxy) is 3. The number of hydrogen-bond acceptors (Lipinski definition) is 5. The molecule has 0 spiro atoms. The molecule has 3 rings (SSSR count). The van der Waals surface area contributed by atoms with Crippen LogP contribution in [0.5, 0.6) is 17.4 Å². The van der Waals surface area contributed by atoms with Crippen molar-refractivity contribution in [1.82, 2.24) is 15.6 Å². The summed E-state index contributed by atoms with van der Waals surface area (Å²) in [6.45, 7) is 3.93. The lowest BCUT2D eigenvalue weighted by Gasteiger charge is -2.20. The van der Waals surface area contributed by atoms with Crippen LogP contribution in [0.2, 0.25) is 0 Å². The summed E-state index contributed by atoms with van der Waals surface area (Å²) in [6.07, 6.45) is 6.71. The molecule has 1 saturated carbocycles. The Labute approximate surface area is 178 Å². The Morgan fingerprint density at radius 1 is 1.10 bits per heavy atom. The molecule has 0 unspecified atom stereocenters. The number of guanidine groups is 1. The molecule has 0 aliphatic heterocycles. The number of nitrogens with zero attached hydrogens (tertiary/aromatic N) is 2. The zero-order valence-corrected chi connectivity index (χ0v) is 18.1. The van der Waals surface area contributed by atoms with Crippen molar-refractivity contribution in [2.45, 2.75) is 51.8 Å². The minimum Gasteiger partial charge on any atom is -0.493 e. The summed E-state index contributed by atoms with van der Waals surface area (Å²) in [5.74, 6) is 2.94. The maximum Gasteiger partial charge on any atom is 0.212 e. The Hall–Kier alpha value is -2.96. The van der Waals surface area contributed by atoms with Crippen LogP contribution in [0.15, 0.2) is 41.5 Å². The van der Waals surface area contributed by atoms with Crippen LogP contribution in [-0.4, -0.2) is 37.8 Å². The minimum absolute atomic E-state index is 0.268. The second-order valence-corrected chi connectivity index (χ2v) is 7.23. The van der Waals surface area contributed by atoms with Crippen molar-refractivity contribution >= 4 is 5.96 Å². The molecule has 1 heterocycles. The van der Waals surface area contributed by atoms with Crippen molar-refractivity contribution < 1.29 is 14.2 Å². The zero-order valence-electron chi connectivity index (χ0n) is 18.1. The van der Waals surface area contributed by atoms with Crippen LogP contribution in [0.25, 0.3) is 0 Å². The van der Waals surface area contributed by atoms with Crippen LogP contribution in [0.3, 0.4) is 0 Å². The summed E-state index contributed by atoms with van der Waals surface area (Å²) in [4.78, 5) is 8.90.